The predicted molar refractivity (Wildman–Crippen MR) is 165 cm³/mol. The van der Waals surface area contributed by atoms with Crippen LogP contribution in [0.15, 0.2) is 0 Å². The van der Waals surface area contributed by atoms with Gasteiger partial charge in [0.2, 0.25) is 0 Å². The minimum atomic E-state index is 0.0158. The van der Waals surface area contributed by atoms with Crippen LogP contribution in [0, 0.1) is 72.9 Å². The lowest BCUT2D eigenvalue weighted by atomic mass is 9.31. The molecule has 10 atom stereocenters. The van der Waals surface area contributed by atoms with Gasteiger partial charge in [-0.1, -0.05) is 76.2 Å². The van der Waals surface area contributed by atoms with Gasteiger partial charge in [-0.25, -0.2) is 0 Å². The van der Waals surface area contributed by atoms with Crippen LogP contribution in [-0.4, -0.2) is 24.8 Å². The zero-order valence-electron chi connectivity index (χ0n) is 28.5. The SMILES string of the molecule is CC1(C)CC[C@]23CC[C@]4(C)[C@H](CCC5[C@@]6(C)CC[C@H](OC(=O)C7C(C)(C)C7(C)C)C(C)(C)C6CC[C@]54C)C2C1OC3. The molecule has 3 heteroatoms. The summed E-state index contributed by atoms with van der Waals surface area (Å²) in [6.07, 6.45) is 13.7. The summed E-state index contributed by atoms with van der Waals surface area (Å²) in [5.74, 6) is 3.04. The van der Waals surface area contributed by atoms with E-state index >= 15 is 0 Å². The van der Waals surface area contributed by atoms with Gasteiger partial charge in [-0.05, 0) is 126 Å². The van der Waals surface area contributed by atoms with E-state index in [-0.39, 0.29) is 34.2 Å². The van der Waals surface area contributed by atoms with Gasteiger partial charge < -0.3 is 9.47 Å². The summed E-state index contributed by atoms with van der Waals surface area (Å²) in [6, 6.07) is 0. The van der Waals surface area contributed by atoms with Crippen LogP contribution in [0.1, 0.15) is 140 Å². The maximum Gasteiger partial charge on any atom is 0.310 e. The molecule has 0 aromatic rings. The van der Waals surface area contributed by atoms with E-state index in [0.717, 1.165) is 30.8 Å². The quantitative estimate of drug-likeness (QED) is 0.312. The van der Waals surface area contributed by atoms with E-state index in [1.807, 2.05) is 0 Å². The zero-order valence-corrected chi connectivity index (χ0v) is 28.5. The lowest BCUT2D eigenvalue weighted by Gasteiger charge is -2.73. The highest BCUT2D eigenvalue weighted by Crippen LogP contribution is 2.78. The van der Waals surface area contributed by atoms with Crippen LogP contribution in [0.3, 0.4) is 0 Å². The topological polar surface area (TPSA) is 35.5 Å². The Balaban J connectivity index is 1.16. The molecule has 0 N–H and O–H groups in total. The highest BCUT2D eigenvalue weighted by Gasteiger charge is 2.73. The highest BCUT2D eigenvalue weighted by molar-refractivity contribution is 5.79. The number of carbonyl (C=O) groups excluding carboxylic acids is 1. The molecule has 6 aliphatic carbocycles. The lowest BCUT2D eigenvalue weighted by molar-refractivity contribution is -0.254. The van der Waals surface area contributed by atoms with Crippen molar-refractivity contribution in [2.24, 2.45) is 72.9 Å². The Labute approximate surface area is 252 Å². The molecular formula is C38H62O3. The number of hydrogen-bond acceptors (Lipinski definition) is 3. The van der Waals surface area contributed by atoms with Gasteiger partial charge in [0, 0.05) is 5.41 Å². The van der Waals surface area contributed by atoms with E-state index in [9.17, 15) is 4.79 Å². The average molecular weight is 567 g/mol. The fourth-order valence-corrected chi connectivity index (χ4v) is 14.2. The van der Waals surface area contributed by atoms with Crippen molar-refractivity contribution >= 4 is 5.97 Å². The van der Waals surface area contributed by atoms with Crippen LogP contribution in [0.2, 0.25) is 0 Å². The molecule has 0 spiro atoms. The summed E-state index contributed by atoms with van der Waals surface area (Å²) >= 11 is 0. The maximum atomic E-state index is 13.5. The largest absolute Gasteiger partial charge is 0.462 e. The normalized spacial score (nSPS) is 53.7. The second-order valence-corrected chi connectivity index (χ2v) is 19.9. The van der Waals surface area contributed by atoms with Crippen LogP contribution in [0.25, 0.3) is 0 Å². The Hall–Kier alpha value is -0.570. The molecule has 0 radical (unpaired) electrons. The molecule has 1 saturated heterocycles. The van der Waals surface area contributed by atoms with Gasteiger partial charge in [0.05, 0.1) is 18.6 Å². The van der Waals surface area contributed by atoms with E-state index in [2.05, 4.69) is 76.2 Å². The monoisotopic (exact) mass is 566 g/mol. The molecule has 3 nitrogen and oxygen atoms in total. The van der Waals surface area contributed by atoms with E-state index in [0.29, 0.717) is 39.1 Å². The van der Waals surface area contributed by atoms with E-state index < -0.39 is 0 Å². The number of ether oxygens (including phenoxy) is 2. The number of fused-ring (bicyclic) bond motifs is 5. The first-order chi connectivity index (χ1) is 18.8. The van der Waals surface area contributed by atoms with Crippen molar-refractivity contribution in [2.45, 2.75) is 153 Å². The molecule has 7 rings (SSSR count). The molecule has 4 unspecified atom stereocenters. The van der Waals surface area contributed by atoms with Gasteiger partial charge in [-0.2, -0.15) is 0 Å². The predicted octanol–water partition coefficient (Wildman–Crippen LogP) is 9.47. The van der Waals surface area contributed by atoms with Gasteiger partial charge >= 0.3 is 5.97 Å². The number of esters is 1. The molecule has 232 valence electrons. The first kappa shape index (κ1) is 29.2. The first-order valence-corrected chi connectivity index (χ1v) is 17.6. The molecule has 1 aliphatic heterocycles. The van der Waals surface area contributed by atoms with Crippen molar-refractivity contribution in [3.8, 4) is 0 Å². The third-order valence-corrected chi connectivity index (χ3v) is 17.6. The molecule has 7 aliphatic rings. The Bertz CT molecular complexity index is 1120. The van der Waals surface area contributed by atoms with Crippen LogP contribution < -0.4 is 0 Å². The molecule has 7 fully saturated rings. The van der Waals surface area contributed by atoms with Crippen molar-refractivity contribution in [1.29, 1.82) is 0 Å². The third kappa shape index (κ3) is 3.35. The third-order valence-electron chi connectivity index (χ3n) is 17.6. The second kappa shape index (κ2) is 8.17. The number of hydrogen-bond donors (Lipinski definition) is 0. The van der Waals surface area contributed by atoms with Gasteiger partial charge in [0.1, 0.15) is 6.10 Å². The van der Waals surface area contributed by atoms with Crippen LogP contribution in [0.5, 0.6) is 0 Å². The standard InChI is InChI=1S/C38H62O3/c1-31(2)18-20-38-21-19-36(10)23(27(38)29(31)40-22-38)12-13-25-35(9)16-15-26(32(3,4)24(35)14-17-37(25,36)11)41-30(39)28-33(5,6)34(28,7)8/h23-29H,12-22H2,1-11H3/t23-,24?,25?,26+,27?,29?,35+,36-,37-,38-/m1/s1. The van der Waals surface area contributed by atoms with E-state index in [4.69, 9.17) is 9.47 Å². The van der Waals surface area contributed by atoms with Crippen LogP contribution in [-0.2, 0) is 14.3 Å². The molecule has 0 aromatic heterocycles. The minimum Gasteiger partial charge on any atom is -0.462 e. The molecule has 41 heavy (non-hydrogen) atoms. The summed E-state index contributed by atoms with van der Waals surface area (Å²) in [5.41, 5.74) is 1.96. The summed E-state index contributed by atoms with van der Waals surface area (Å²) in [6.45, 7) is 28.0. The highest BCUT2D eigenvalue weighted by atomic mass is 16.5. The van der Waals surface area contributed by atoms with Crippen molar-refractivity contribution in [3.05, 3.63) is 0 Å². The molecule has 0 aromatic carbocycles. The van der Waals surface area contributed by atoms with E-state index in [1.54, 1.807) is 0 Å². The minimum absolute atomic E-state index is 0.0158. The maximum absolute atomic E-state index is 13.5. The Morgan fingerprint density at radius 3 is 2.00 bits per heavy atom. The molecule has 0 amide bonds. The van der Waals surface area contributed by atoms with Crippen molar-refractivity contribution < 1.29 is 14.3 Å². The fraction of sp³-hybridized carbons (Fsp3) is 0.974. The zero-order chi connectivity index (χ0) is 29.8. The summed E-state index contributed by atoms with van der Waals surface area (Å²) in [4.78, 5) is 13.5. The molecule has 1 heterocycles. The smallest absolute Gasteiger partial charge is 0.310 e. The van der Waals surface area contributed by atoms with Crippen LogP contribution in [0.4, 0.5) is 0 Å². The Kier molecular flexibility index (Phi) is 5.81. The van der Waals surface area contributed by atoms with Gasteiger partial charge in [-0.15, -0.1) is 0 Å². The second-order valence-electron chi connectivity index (χ2n) is 19.9. The van der Waals surface area contributed by atoms with Gasteiger partial charge in [-0.3, -0.25) is 4.79 Å². The lowest BCUT2D eigenvalue weighted by Crippen LogP contribution is -2.68. The molecule has 2 bridgehead atoms. The Morgan fingerprint density at radius 1 is 0.683 bits per heavy atom. The summed E-state index contributed by atoms with van der Waals surface area (Å²) in [7, 11) is 0. The first-order valence-electron chi connectivity index (χ1n) is 17.6. The molecule has 6 saturated carbocycles. The molecular weight excluding hydrogens is 504 g/mol. The van der Waals surface area contributed by atoms with Crippen molar-refractivity contribution in [2.75, 3.05) is 6.61 Å². The summed E-state index contributed by atoms with van der Waals surface area (Å²) < 4.78 is 13.3. The van der Waals surface area contributed by atoms with Crippen LogP contribution >= 0.6 is 0 Å². The van der Waals surface area contributed by atoms with Gasteiger partial charge in [0.15, 0.2) is 0 Å². The van der Waals surface area contributed by atoms with Gasteiger partial charge in [0.25, 0.3) is 0 Å². The average Bonchev–Trinajstić information content (AvgIpc) is 3.12. The number of carbonyl (C=O) groups is 1. The summed E-state index contributed by atoms with van der Waals surface area (Å²) in [5, 5.41) is 0. The fourth-order valence-electron chi connectivity index (χ4n) is 14.2. The van der Waals surface area contributed by atoms with Crippen molar-refractivity contribution in [3.63, 3.8) is 0 Å². The van der Waals surface area contributed by atoms with Crippen molar-refractivity contribution in [1.82, 2.24) is 0 Å². The Morgan fingerprint density at radius 2 is 1.34 bits per heavy atom. The number of rotatable bonds is 2. The van der Waals surface area contributed by atoms with E-state index in [1.165, 1.54) is 57.8 Å².